The van der Waals surface area contributed by atoms with Crippen LogP contribution in [-0.4, -0.2) is 27.0 Å². The van der Waals surface area contributed by atoms with Crippen LogP contribution in [0.15, 0.2) is 59.9 Å². The second kappa shape index (κ2) is 7.80. The highest BCUT2D eigenvalue weighted by molar-refractivity contribution is 7.98. The molecule has 7 heteroatoms. The van der Waals surface area contributed by atoms with Crippen molar-refractivity contribution in [3.8, 4) is 5.88 Å². The number of hydrogen-bond acceptors (Lipinski definition) is 7. The van der Waals surface area contributed by atoms with E-state index in [0.717, 1.165) is 26.8 Å². The van der Waals surface area contributed by atoms with Crippen molar-refractivity contribution >= 4 is 33.4 Å². The number of ether oxygens (including phenoxy) is 1. The number of rotatable bonds is 6. The molecule has 0 N–H and O–H groups in total. The lowest BCUT2D eigenvalue weighted by Gasteiger charge is -2.06. The van der Waals surface area contributed by atoms with Crippen molar-refractivity contribution in [3.63, 3.8) is 0 Å². The number of benzene rings is 1. The number of pyridine rings is 1. The molecule has 0 radical (unpaired) electrons. The normalized spacial score (nSPS) is 11.0. The molecule has 0 fully saturated rings. The fourth-order valence-corrected chi connectivity index (χ4v) is 4.22. The van der Waals surface area contributed by atoms with Gasteiger partial charge in [0.15, 0.2) is 5.16 Å². The average molecular weight is 380 g/mol. The summed E-state index contributed by atoms with van der Waals surface area (Å²) in [5.74, 6) is 1.39. The van der Waals surface area contributed by atoms with Crippen LogP contribution in [0.4, 0.5) is 0 Å². The highest BCUT2D eigenvalue weighted by atomic mass is 32.2. The fourth-order valence-electron chi connectivity index (χ4n) is 2.48. The van der Waals surface area contributed by atoms with Crippen LogP contribution in [0.1, 0.15) is 16.3 Å². The van der Waals surface area contributed by atoms with Gasteiger partial charge in [0.05, 0.1) is 12.8 Å². The zero-order chi connectivity index (χ0) is 17.8. The van der Waals surface area contributed by atoms with Crippen LogP contribution < -0.4 is 4.74 Å². The number of aromatic nitrogens is 4. The molecule has 0 amide bonds. The third-order valence-corrected chi connectivity index (χ3v) is 5.60. The van der Waals surface area contributed by atoms with Crippen LogP contribution in [0.25, 0.3) is 10.3 Å². The Labute approximate surface area is 159 Å². The molecule has 0 saturated carbocycles. The summed E-state index contributed by atoms with van der Waals surface area (Å²) in [5.41, 5.74) is 3.06. The lowest BCUT2D eigenvalue weighted by Crippen LogP contribution is -1.99. The van der Waals surface area contributed by atoms with Gasteiger partial charge in [0.25, 0.3) is 0 Å². The minimum absolute atomic E-state index is 0.574. The van der Waals surface area contributed by atoms with E-state index in [1.54, 1.807) is 36.4 Å². The third kappa shape index (κ3) is 4.00. The molecule has 5 nitrogen and oxygen atoms in total. The van der Waals surface area contributed by atoms with Gasteiger partial charge < -0.3 is 4.74 Å². The Kier molecular flexibility index (Phi) is 5.08. The Balaban J connectivity index is 1.55. The smallest absolute Gasteiger partial charge is 0.217 e. The van der Waals surface area contributed by atoms with Crippen LogP contribution >= 0.6 is 23.1 Å². The monoisotopic (exact) mass is 380 g/mol. The summed E-state index contributed by atoms with van der Waals surface area (Å²) in [6, 6.07) is 16.0. The van der Waals surface area contributed by atoms with Gasteiger partial charge in [-0.05, 0) is 17.7 Å². The van der Waals surface area contributed by atoms with E-state index in [4.69, 9.17) is 4.74 Å². The summed E-state index contributed by atoms with van der Waals surface area (Å²) >= 11 is 3.19. The minimum Gasteiger partial charge on any atom is -0.481 e. The second-order valence-corrected chi connectivity index (χ2v) is 7.58. The van der Waals surface area contributed by atoms with E-state index >= 15 is 0 Å². The standard InChI is InChI=1S/C19H16N4OS2/c1-24-16-10-14(11-17-22-15-8-5-9-20-18(15)26-17)21-19(23-16)25-12-13-6-3-2-4-7-13/h2-10H,11-12H2,1H3. The first kappa shape index (κ1) is 16.9. The molecule has 4 aromatic rings. The Bertz CT molecular complexity index is 987. The largest absolute Gasteiger partial charge is 0.481 e. The van der Waals surface area contributed by atoms with E-state index in [9.17, 15) is 0 Å². The SMILES string of the molecule is COc1cc(Cc2nc3cccnc3s2)nc(SCc2ccccc2)n1. The van der Waals surface area contributed by atoms with E-state index in [1.807, 2.05) is 36.4 Å². The second-order valence-electron chi connectivity index (χ2n) is 5.57. The number of thioether (sulfide) groups is 1. The van der Waals surface area contributed by atoms with E-state index < -0.39 is 0 Å². The summed E-state index contributed by atoms with van der Waals surface area (Å²) in [7, 11) is 1.62. The Hall–Kier alpha value is -2.51. The van der Waals surface area contributed by atoms with Crippen LogP contribution in [0.2, 0.25) is 0 Å². The number of nitrogens with zero attached hydrogens (tertiary/aromatic N) is 4. The molecule has 0 aliphatic heterocycles. The van der Waals surface area contributed by atoms with Crippen LogP contribution in [-0.2, 0) is 12.2 Å². The maximum atomic E-state index is 5.35. The number of hydrogen-bond donors (Lipinski definition) is 0. The van der Waals surface area contributed by atoms with Gasteiger partial charge in [0, 0.05) is 24.4 Å². The first-order valence-electron chi connectivity index (χ1n) is 8.09. The zero-order valence-electron chi connectivity index (χ0n) is 14.1. The van der Waals surface area contributed by atoms with E-state index in [2.05, 4.69) is 32.1 Å². The predicted molar refractivity (Wildman–Crippen MR) is 105 cm³/mol. The van der Waals surface area contributed by atoms with Gasteiger partial charge >= 0.3 is 0 Å². The van der Waals surface area contributed by atoms with Crippen LogP contribution in [0.3, 0.4) is 0 Å². The molecule has 0 unspecified atom stereocenters. The van der Waals surface area contributed by atoms with Gasteiger partial charge in [-0.3, -0.25) is 0 Å². The lowest BCUT2D eigenvalue weighted by molar-refractivity contribution is 0.391. The summed E-state index contributed by atoms with van der Waals surface area (Å²) in [6.07, 6.45) is 2.43. The molecule has 26 heavy (non-hydrogen) atoms. The predicted octanol–water partition coefficient (Wildman–Crippen LogP) is 4.37. The zero-order valence-corrected chi connectivity index (χ0v) is 15.8. The average Bonchev–Trinajstić information content (AvgIpc) is 3.09. The van der Waals surface area contributed by atoms with Crippen molar-refractivity contribution in [3.05, 3.63) is 71.0 Å². The molecule has 1 aromatic carbocycles. The summed E-state index contributed by atoms with van der Waals surface area (Å²) < 4.78 is 5.35. The van der Waals surface area contributed by atoms with Gasteiger partial charge in [-0.1, -0.05) is 53.4 Å². The van der Waals surface area contributed by atoms with Gasteiger partial charge in [0.1, 0.15) is 15.4 Å². The number of methoxy groups -OCH3 is 1. The molecule has 4 rings (SSSR count). The molecule has 0 spiro atoms. The summed E-state index contributed by atoms with van der Waals surface area (Å²) in [5, 5.41) is 1.70. The van der Waals surface area contributed by atoms with Gasteiger partial charge in [-0.2, -0.15) is 4.98 Å². The molecule has 3 heterocycles. The molecule has 0 bridgehead atoms. The number of fused-ring (bicyclic) bond motifs is 1. The molecule has 0 atom stereocenters. The quantitative estimate of drug-likeness (QED) is 0.366. The molecule has 0 aliphatic rings. The molecule has 0 saturated heterocycles. The van der Waals surface area contributed by atoms with Crippen molar-refractivity contribution in [1.82, 2.24) is 19.9 Å². The van der Waals surface area contributed by atoms with Crippen molar-refractivity contribution < 1.29 is 4.74 Å². The van der Waals surface area contributed by atoms with Gasteiger partial charge in [-0.15, -0.1) is 0 Å². The van der Waals surface area contributed by atoms with Crippen molar-refractivity contribution in [2.75, 3.05) is 7.11 Å². The molecular formula is C19H16N4OS2. The maximum Gasteiger partial charge on any atom is 0.217 e. The summed E-state index contributed by atoms with van der Waals surface area (Å²) in [6.45, 7) is 0. The van der Waals surface area contributed by atoms with Crippen LogP contribution in [0.5, 0.6) is 5.88 Å². The van der Waals surface area contributed by atoms with E-state index in [-0.39, 0.29) is 0 Å². The lowest BCUT2D eigenvalue weighted by atomic mass is 10.2. The molecule has 130 valence electrons. The highest BCUT2D eigenvalue weighted by Gasteiger charge is 2.10. The number of thiazole rings is 1. The molecular weight excluding hydrogens is 364 g/mol. The highest BCUT2D eigenvalue weighted by Crippen LogP contribution is 2.25. The topological polar surface area (TPSA) is 60.8 Å². The van der Waals surface area contributed by atoms with Crippen molar-refractivity contribution in [2.45, 2.75) is 17.3 Å². The van der Waals surface area contributed by atoms with Crippen molar-refractivity contribution in [1.29, 1.82) is 0 Å². The Morgan fingerprint density at radius 1 is 1.04 bits per heavy atom. The van der Waals surface area contributed by atoms with E-state index in [0.29, 0.717) is 17.5 Å². The Morgan fingerprint density at radius 3 is 2.73 bits per heavy atom. The first-order chi connectivity index (χ1) is 12.8. The minimum atomic E-state index is 0.574. The van der Waals surface area contributed by atoms with Gasteiger partial charge in [-0.25, -0.2) is 15.0 Å². The molecule has 0 aliphatic carbocycles. The van der Waals surface area contributed by atoms with Crippen LogP contribution in [0, 0.1) is 0 Å². The fraction of sp³-hybridized carbons (Fsp3) is 0.158. The molecule has 3 aromatic heterocycles. The third-order valence-electron chi connectivity index (χ3n) is 3.70. The van der Waals surface area contributed by atoms with Crippen molar-refractivity contribution in [2.24, 2.45) is 0 Å². The van der Waals surface area contributed by atoms with E-state index in [1.165, 1.54) is 5.56 Å². The summed E-state index contributed by atoms with van der Waals surface area (Å²) in [4.78, 5) is 19.1. The first-order valence-corrected chi connectivity index (χ1v) is 9.89. The van der Waals surface area contributed by atoms with Gasteiger partial charge in [0.2, 0.25) is 5.88 Å². The maximum absolute atomic E-state index is 5.35. The Morgan fingerprint density at radius 2 is 1.92 bits per heavy atom.